The van der Waals surface area contributed by atoms with E-state index in [9.17, 15) is 24.7 Å². The van der Waals surface area contributed by atoms with Crippen LogP contribution < -0.4 is 47.3 Å². The quantitative estimate of drug-likeness (QED) is 0.148. The molecule has 0 atom stereocenters. The van der Waals surface area contributed by atoms with Crippen LogP contribution in [0.2, 0.25) is 0 Å². The van der Waals surface area contributed by atoms with Crippen molar-refractivity contribution in [3.8, 4) is 61.7 Å². The van der Waals surface area contributed by atoms with Crippen LogP contribution in [-0.4, -0.2) is 18.0 Å². The number of benzene rings is 13. The zero-order valence-electron chi connectivity index (χ0n) is 79.8. The van der Waals surface area contributed by atoms with E-state index in [1.807, 2.05) is 144 Å². The summed E-state index contributed by atoms with van der Waals surface area (Å²) in [7, 11) is 0. The van der Waals surface area contributed by atoms with E-state index in [4.69, 9.17) is 4.74 Å². The lowest BCUT2D eigenvalue weighted by atomic mass is 9.30. The Bertz CT molecular complexity index is 6790. The smallest absolute Gasteiger partial charge is 0.256 e. The lowest BCUT2D eigenvalue weighted by molar-refractivity contribution is 0.485. The molecule has 0 bridgehead atoms. The molecule has 0 radical (unpaired) electrons. The van der Waals surface area contributed by atoms with Crippen molar-refractivity contribution in [1.29, 1.82) is 0 Å². The third kappa shape index (κ3) is 10.9. The minimum atomic E-state index is -1.48. The third-order valence-electron chi connectivity index (χ3n) is 21.2. The number of hydrogen-bond acceptors (Lipinski definition) is 4. The van der Waals surface area contributed by atoms with Crippen molar-refractivity contribution >= 4 is 114 Å². The molecule has 0 aliphatic carbocycles. The number of anilines is 6. The minimum absolute atomic E-state index is 0.00323. The lowest BCUT2D eigenvalue weighted by Crippen LogP contribution is -2.65. The van der Waals surface area contributed by atoms with Crippen LogP contribution in [0.15, 0.2) is 276 Å². The van der Waals surface area contributed by atoms with Crippen LogP contribution in [-0.2, 0) is 27.1 Å². The van der Waals surface area contributed by atoms with Crippen molar-refractivity contribution in [3.63, 3.8) is 0 Å². The molecule has 18 rings (SSSR count). The Labute approximate surface area is 651 Å². The van der Waals surface area contributed by atoms with Crippen molar-refractivity contribution < 1.29 is 29.4 Å². The standard InChI is InChI=1S/C98H89B2N3OS/c1-94(2,3)64-44-47-77-85(56-64)104-93-89-84(59-87-90(93)99(77)78-48-45-65(95(4,5)6)57-86(78)105-87)103(92-74(62-36-24-18-25-37-62)52-67(97(10,11)12)53-75(92)63-38-26-19-27-39-63)83-55-68(98(13,14)15)54-82-88(83)100(89)76-49-46-69(101-79-42-30-28-40-70(79)71-41-29-31-43-80(71)101)58-81(76)102(82)91-72(60-32-20-16-21-33-60)50-66(96(7,8)9)51-73(91)61-34-22-17-23-35-61/h16-59H,1-15H3/i28D,29D,30D,31D,40D,41D,42D,43D,44D,45D,46D,47D,48D,49D,56D,57D,58D,59D. The van der Waals surface area contributed by atoms with Gasteiger partial charge in [-0.1, -0.05) is 309 Å². The first-order valence-corrected chi connectivity index (χ1v) is 37.0. The van der Waals surface area contributed by atoms with E-state index in [1.165, 1.54) is 0 Å². The van der Waals surface area contributed by atoms with E-state index in [1.54, 1.807) is 0 Å². The fraction of sp³-hybridized carbons (Fsp3) is 0.204. The van der Waals surface area contributed by atoms with Gasteiger partial charge in [0, 0.05) is 71.3 Å². The first-order valence-electron chi connectivity index (χ1n) is 45.2. The molecule has 105 heavy (non-hydrogen) atoms. The normalized spacial score (nSPS) is 16.2. The number of para-hydroxylation sites is 2. The molecular weight excluding hydrogens is 1290 g/mol. The molecule has 7 heteroatoms. The molecule has 14 aromatic rings. The summed E-state index contributed by atoms with van der Waals surface area (Å²) in [5.74, 6) is -0.125. The largest absolute Gasteiger partial charge is 0.459 e. The van der Waals surface area contributed by atoms with Crippen molar-refractivity contribution in [2.45, 2.75) is 141 Å². The van der Waals surface area contributed by atoms with Gasteiger partial charge in [-0.05, 0) is 183 Å². The molecule has 4 nitrogen and oxygen atoms in total. The van der Waals surface area contributed by atoms with Crippen molar-refractivity contribution in [3.05, 3.63) is 294 Å². The topological polar surface area (TPSA) is 20.6 Å². The van der Waals surface area contributed by atoms with E-state index in [2.05, 4.69) is 128 Å². The van der Waals surface area contributed by atoms with Gasteiger partial charge in [0.15, 0.2) is 0 Å². The summed E-state index contributed by atoms with van der Waals surface area (Å²) in [5.41, 5.74) is 7.21. The van der Waals surface area contributed by atoms with Gasteiger partial charge in [-0.15, -0.1) is 0 Å². The van der Waals surface area contributed by atoms with Gasteiger partial charge in [-0.25, -0.2) is 0 Å². The Hall–Kier alpha value is -10.5. The highest BCUT2D eigenvalue weighted by atomic mass is 32.2. The van der Waals surface area contributed by atoms with Crippen molar-refractivity contribution in [2.75, 3.05) is 9.80 Å². The molecule has 4 aliphatic heterocycles. The molecule has 0 fully saturated rings. The number of fused-ring (bicyclic) bond motifs is 12. The van der Waals surface area contributed by atoms with Gasteiger partial charge >= 0.3 is 0 Å². The average molecular weight is 1400 g/mol. The minimum Gasteiger partial charge on any atom is -0.459 e. The van der Waals surface area contributed by atoms with Gasteiger partial charge in [-0.3, -0.25) is 0 Å². The zero-order valence-corrected chi connectivity index (χ0v) is 62.6. The van der Waals surface area contributed by atoms with Gasteiger partial charge < -0.3 is 19.1 Å². The molecule has 0 saturated carbocycles. The van der Waals surface area contributed by atoms with Crippen LogP contribution in [0.25, 0.3) is 72.0 Å². The predicted molar refractivity (Wildman–Crippen MR) is 452 cm³/mol. The van der Waals surface area contributed by atoms with Crippen LogP contribution in [0, 0.1) is 0 Å². The highest BCUT2D eigenvalue weighted by Gasteiger charge is 2.52. The van der Waals surface area contributed by atoms with Crippen LogP contribution in [0.4, 0.5) is 34.1 Å². The molecular formula is C98H89B2N3OS. The summed E-state index contributed by atoms with van der Waals surface area (Å²) in [6.07, 6.45) is 0. The summed E-state index contributed by atoms with van der Waals surface area (Å²) >= 11 is 1.09. The van der Waals surface area contributed by atoms with Gasteiger partial charge in [0.25, 0.3) is 13.4 Å². The van der Waals surface area contributed by atoms with E-state index >= 15 is 0 Å². The van der Waals surface area contributed by atoms with E-state index < -0.39 is 113 Å². The molecule has 514 valence electrons. The van der Waals surface area contributed by atoms with Crippen molar-refractivity contribution in [2.24, 2.45) is 0 Å². The molecule has 0 amide bonds. The second-order valence-corrected chi connectivity index (χ2v) is 34.5. The van der Waals surface area contributed by atoms with Gasteiger partial charge in [0.2, 0.25) is 0 Å². The Morgan fingerprint density at radius 3 is 1.21 bits per heavy atom. The summed E-state index contributed by atoms with van der Waals surface area (Å²) in [5, 5.41) is -0.610. The van der Waals surface area contributed by atoms with Crippen molar-refractivity contribution in [1.82, 2.24) is 4.57 Å². The number of aromatic nitrogens is 1. The summed E-state index contributed by atoms with van der Waals surface area (Å²) in [4.78, 5) is 4.63. The highest BCUT2D eigenvalue weighted by Crippen LogP contribution is 2.57. The summed E-state index contributed by atoms with van der Waals surface area (Å²) in [6.45, 7) is 27.6. The second-order valence-electron chi connectivity index (χ2n) is 33.4. The van der Waals surface area contributed by atoms with E-state index in [0.717, 1.165) is 66.4 Å². The number of nitrogens with zero attached hydrogens (tertiary/aromatic N) is 3. The zero-order chi connectivity index (χ0) is 88.2. The fourth-order valence-corrected chi connectivity index (χ4v) is 16.7. The van der Waals surface area contributed by atoms with Crippen LogP contribution in [0.3, 0.4) is 0 Å². The maximum Gasteiger partial charge on any atom is 0.256 e. The molecule has 1 aromatic heterocycles. The van der Waals surface area contributed by atoms with Gasteiger partial charge in [0.05, 0.1) is 47.1 Å². The van der Waals surface area contributed by atoms with E-state index in [0.29, 0.717) is 39.3 Å². The molecule has 0 spiro atoms. The lowest BCUT2D eigenvalue weighted by Gasteiger charge is -2.48. The third-order valence-corrected chi connectivity index (χ3v) is 22.3. The molecule has 0 N–H and O–H groups in total. The number of ether oxygens (including phenoxy) is 1. The first-order chi connectivity index (χ1) is 57.8. The molecule has 0 unspecified atom stereocenters. The van der Waals surface area contributed by atoms with Crippen LogP contribution in [0.1, 0.15) is 156 Å². The van der Waals surface area contributed by atoms with Crippen LogP contribution in [0.5, 0.6) is 11.5 Å². The molecule has 0 saturated heterocycles. The number of rotatable bonds is 7. The molecule has 13 aromatic carbocycles. The maximum atomic E-state index is 12.0. The summed E-state index contributed by atoms with van der Waals surface area (Å²) < 4.78 is 195. The number of hydrogen-bond donors (Lipinski definition) is 0. The molecule has 5 heterocycles. The van der Waals surface area contributed by atoms with Crippen LogP contribution >= 0.6 is 11.8 Å². The van der Waals surface area contributed by atoms with E-state index in [-0.39, 0.29) is 135 Å². The fourth-order valence-electron chi connectivity index (χ4n) is 15.6. The second kappa shape index (κ2) is 24.0. The SMILES string of the molecule is [2H]c1c([2H])c(C(C)(C)C)c([2H])c2c1B1c3c([2H])c([2H])c(C(C)(C)C)c([2H])c3Sc3c([2H])c4c(c(c31)O2)B1c2c(cc(C(C)(C)C)cc2N4c2c(-c3ccccc3)cc(C(C)(C)C)cc2-c2ccccc2)N(c2c(-c3ccccc3)cc(C(C)(C)C)cc2-c2ccccc2)c2c([2H])c(-n3c4c([2H])c([2H])c([2H])c([2H])c4c4c([2H])c([2H])c([2H])c([2H])c43)c([2H])c([2H])c21. The Morgan fingerprint density at radius 1 is 0.343 bits per heavy atom. The highest BCUT2D eigenvalue weighted by molar-refractivity contribution is 8.00. The summed E-state index contributed by atoms with van der Waals surface area (Å²) in [6, 6.07) is 44.0. The van der Waals surface area contributed by atoms with Gasteiger partial charge in [0.1, 0.15) is 11.5 Å². The monoisotopic (exact) mass is 1400 g/mol. The van der Waals surface area contributed by atoms with Gasteiger partial charge in [-0.2, -0.15) is 0 Å². The first kappa shape index (κ1) is 49.3. The Morgan fingerprint density at radius 2 is 0.752 bits per heavy atom. The Kier molecular flexibility index (Phi) is 11.3. The Balaban J connectivity index is 1.15. The predicted octanol–water partition coefficient (Wildman–Crippen LogP) is 23.1. The maximum absolute atomic E-state index is 12.0. The average Bonchev–Trinajstić information content (AvgIpc) is 0.866. The molecule has 4 aliphatic rings.